The van der Waals surface area contributed by atoms with Crippen molar-refractivity contribution >= 4 is 23.0 Å². The molecule has 1 unspecified atom stereocenters. The van der Waals surface area contributed by atoms with Gasteiger partial charge in [-0.1, -0.05) is 30.3 Å². The highest BCUT2D eigenvalue weighted by Crippen LogP contribution is 2.44. The number of nitrogens with zero attached hydrogens (tertiary/aromatic N) is 2. The SMILES string of the molecule is CN1C(=S)N(c2ccccc2)[C@H](c2ccc(O)cc2O)[C@@H]1CCC(O)c1ccc(F)cc1. The summed E-state index contributed by atoms with van der Waals surface area (Å²) in [6.45, 7) is 0. The first-order valence-electron chi connectivity index (χ1n) is 10.4. The van der Waals surface area contributed by atoms with Crippen LogP contribution in [0.5, 0.6) is 11.5 Å². The van der Waals surface area contributed by atoms with E-state index in [2.05, 4.69) is 0 Å². The maximum atomic E-state index is 13.2. The highest BCUT2D eigenvalue weighted by molar-refractivity contribution is 7.80. The Hall–Kier alpha value is -3.16. The van der Waals surface area contributed by atoms with Crippen molar-refractivity contribution in [2.24, 2.45) is 0 Å². The lowest BCUT2D eigenvalue weighted by Gasteiger charge is -2.29. The van der Waals surface area contributed by atoms with Crippen molar-refractivity contribution in [3.05, 3.63) is 89.7 Å². The molecule has 4 rings (SSSR count). The van der Waals surface area contributed by atoms with Crippen LogP contribution >= 0.6 is 12.2 Å². The first kappa shape index (κ1) is 22.0. The Morgan fingerprint density at radius 3 is 2.34 bits per heavy atom. The topological polar surface area (TPSA) is 67.2 Å². The molecule has 32 heavy (non-hydrogen) atoms. The van der Waals surface area contributed by atoms with E-state index in [1.165, 1.54) is 18.2 Å². The molecule has 0 bridgehead atoms. The van der Waals surface area contributed by atoms with Gasteiger partial charge in [-0.05, 0) is 67.0 Å². The molecular weight excluding hydrogens is 427 g/mol. The average Bonchev–Trinajstić information content (AvgIpc) is 3.03. The number of phenols is 2. The zero-order valence-corrected chi connectivity index (χ0v) is 18.4. The molecule has 3 aromatic carbocycles. The van der Waals surface area contributed by atoms with Gasteiger partial charge in [0.1, 0.15) is 17.3 Å². The van der Waals surface area contributed by atoms with Crippen LogP contribution in [0.15, 0.2) is 72.8 Å². The Balaban J connectivity index is 1.67. The number of para-hydroxylation sites is 1. The molecule has 7 heteroatoms. The van der Waals surface area contributed by atoms with Gasteiger partial charge >= 0.3 is 0 Å². The van der Waals surface area contributed by atoms with E-state index < -0.39 is 6.10 Å². The number of hydrogen-bond acceptors (Lipinski definition) is 4. The van der Waals surface area contributed by atoms with Crippen LogP contribution < -0.4 is 4.90 Å². The third-order valence-corrected chi connectivity index (χ3v) is 6.49. The van der Waals surface area contributed by atoms with Crippen molar-refractivity contribution in [3.63, 3.8) is 0 Å². The van der Waals surface area contributed by atoms with Crippen molar-refractivity contribution in [1.82, 2.24) is 4.90 Å². The minimum atomic E-state index is -0.752. The van der Waals surface area contributed by atoms with Crippen molar-refractivity contribution in [3.8, 4) is 11.5 Å². The molecule has 1 heterocycles. The Morgan fingerprint density at radius 1 is 1.00 bits per heavy atom. The fourth-order valence-corrected chi connectivity index (χ4v) is 4.69. The number of thiocarbonyl (C=S) groups is 1. The lowest BCUT2D eigenvalue weighted by Crippen LogP contribution is -2.31. The predicted octanol–water partition coefficient (Wildman–Crippen LogP) is 4.90. The van der Waals surface area contributed by atoms with Gasteiger partial charge in [-0.25, -0.2) is 4.39 Å². The summed E-state index contributed by atoms with van der Waals surface area (Å²) in [6.07, 6.45) is 0.252. The second-order valence-corrected chi connectivity index (χ2v) is 8.36. The molecule has 3 aromatic rings. The second kappa shape index (κ2) is 9.14. The molecule has 1 aliphatic heterocycles. The van der Waals surface area contributed by atoms with E-state index in [1.807, 2.05) is 47.2 Å². The first-order valence-corrected chi connectivity index (χ1v) is 10.8. The van der Waals surface area contributed by atoms with Crippen LogP contribution in [0, 0.1) is 5.82 Å². The molecule has 166 valence electrons. The average molecular weight is 453 g/mol. The summed E-state index contributed by atoms with van der Waals surface area (Å²) in [5.74, 6) is -0.379. The number of phenolic OH excluding ortho intramolecular Hbond substituents is 2. The fraction of sp³-hybridized carbons (Fsp3) is 0.240. The standard InChI is InChI=1S/C25H25FN2O3S/c1-27-21(13-14-22(30)16-7-9-17(26)10-8-16)24(20-12-11-19(29)15-23(20)31)28(25(27)32)18-5-3-2-4-6-18/h2-12,15,21-22,24,29-31H,13-14H2,1H3/t21-,22?,24+/m0/s1. The molecule has 0 aliphatic carbocycles. The molecule has 1 saturated heterocycles. The second-order valence-electron chi connectivity index (χ2n) is 8.00. The van der Waals surface area contributed by atoms with Gasteiger partial charge in [0, 0.05) is 24.4 Å². The van der Waals surface area contributed by atoms with Gasteiger partial charge in [0.15, 0.2) is 5.11 Å². The highest BCUT2D eigenvalue weighted by Gasteiger charge is 2.44. The molecule has 0 spiro atoms. The van der Waals surface area contributed by atoms with Crippen molar-refractivity contribution < 1.29 is 19.7 Å². The number of likely N-dealkylation sites (N-methyl/N-ethyl adjacent to an activating group) is 1. The van der Waals surface area contributed by atoms with E-state index >= 15 is 0 Å². The van der Waals surface area contributed by atoms with Crippen LogP contribution in [0.3, 0.4) is 0 Å². The quantitative estimate of drug-likeness (QED) is 0.463. The van der Waals surface area contributed by atoms with E-state index in [1.54, 1.807) is 24.3 Å². The molecule has 3 N–H and O–H groups in total. The van der Waals surface area contributed by atoms with Crippen LogP contribution in [-0.2, 0) is 0 Å². The Labute approximate surface area is 192 Å². The van der Waals surface area contributed by atoms with E-state index in [4.69, 9.17) is 12.2 Å². The van der Waals surface area contributed by atoms with Gasteiger partial charge in [-0.3, -0.25) is 0 Å². The van der Waals surface area contributed by atoms with Gasteiger partial charge < -0.3 is 25.1 Å². The van der Waals surface area contributed by atoms with Crippen molar-refractivity contribution in [2.75, 3.05) is 11.9 Å². The summed E-state index contributed by atoms with van der Waals surface area (Å²) in [5, 5.41) is 31.7. The number of aliphatic hydroxyl groups excluding tert-OH is 1. The molecule has 0 radical (unpaired) electrons. The number of halogens is 1. The van der Waals surface area contributed by atoms with Crippen LogP contribution in [0.25, 0.3) is 0 Å². The summed E-state index contributed by atoms with van der Waals surface area (Å²) in [7, 11) is 1.91. The number of anilines is 1. The zero-order valence-electron chi connectivity index (χ0n) is 17.6. The lowest BCUT2D eigenvalue weighted by atomic mass is 9.92. The zero-order chi connectivity index (χ0) is 22.8. The molecular formula is C25H25FN2O3S. The number of rotatable bonds is 6. The number of benzene rings is 3. The van der Waals surface area contributed by atoms with E-state index in [0.717, 1.165) is 5.69 Å². The van der Waals surface area contributed by atoms with E-state index in [9.17, 15) is 19.7 Å². The Bertz CT molecular complexity index is 1090. The molecule has 1 fully saturated rings. The van der Waals surface area contributed by atoms with Crippen LogP contribution in [0.4, 0.5) is 10.1 Å². The summed E-state index contributed by atoms with van der Waals surface area (Å²) < 4.78 is 13.2. The summed E-state index contributed by atoms with van der Waals surface area (Å²) in [6, 6.07) is 19.7. The Morgan fingerprint density at radius 2 is 1.69 bits per heavy atom. The lowest BCUT2D eigenvalue weighted by molar-refractivity contribution is 0.152. The maximum Gasteiger partial charge on any atom is 0.176 e. The van der Waals surface area contributed by atoms with Crippen LogP contribution in [-0.4, -0.2) is 38.4 Å². The van der Waals surface area contributed by atoms with Crippen molar-refractivity contribution in [1.29, 1.82) is 0 Å². The van der Waals surface area contributed by atoms with Crippen LogP contribution in [0.1, 0.15) is 36.1 Å². The summed E-state index contributed by atoms with van der Waals surface area (Å²) >= 11 is 5.77. The summed E-state index contributed by atoms with van der Waals surface area (Å²) in [5.41, 5.74) is 2.18. The third-order valence-electron chi connectivity index (χ3n) is 6.01. The molecule has 5 nitrogen and oxygen atoms in total. The van der Waals surface area contributed by atoms with Crippen molar-refractivity contribution in [2.45, 2.75) is 31.0 Å². The fourth-order valence-electron chi connectivity index (χ4n) is 4.33. The first-order chi connectivity index (χ1) is 15.4. The number of aliphatic hydroxyl groups is 1. The molecule has 0 aromatic heterocycles. The summed E-state index contributed by atoms with van der Waals surface area (Å²) in [4.78, 5) is 3.98. The smallest absolute Gasteiger partial charge is 0.176 e. The number of hydrogen-bond donors (Lipinski definition) is 3. The maximum absolute atomic E-state index is 13.2. The van der Waals surface area contributed by atoms with Gasteiger partial charge in [0.05, 0.1) is 18.2 Å². The normalized spacial score (nSPS) is 19.4. The molecule has 0 amide bonds. The number of aromatic hydroxyl groups is 2. The van der Waals surface area contributed by atoms with Gasteiger partial charge in [-0.2, -0.15) is 0 Å². The highest BCUT2D eigenvalue weighted by atomic mass is 32.1. The monoisotopic (exact) mass is 452 g/mol. The van der Waals surface area contributed by atoms with Crippen LogP contribution in [0.2, 0.25) is 0 Å². The Kier molecular flexibility index (Phi) is 6.30. The third kappa shape index (κ3) is 4.26. The largest absolute Gasteiger partial charge is 0.508 e. The molecule has 0 saturated carbocycles. The minimum absolute atomic E-state index is 0.0156. The van der Waals surface area contributed by atoms with Gasteiger partial charge in [-0.15, -0.1) is 0 Å². The molecule has 1 aliphatic rings. The van der Waals surface area contributed by atoms with Gasteiger partial charge in [0.25, 0.3) is 0 Å². The predicted molar refractivity (Wildman–Crippen MR) is 126 cm³/mol. The van der Waals surface area contributed by atoms with Gasteiger partial charge in [0.2, 0.25) is 0 Å². The molecule has 3 atom stereocenters. The van der Waals surface area contributed by atoms with E-state index in [0.29, 0.717) is 29.1 Å². The minimum Gasteiger partial charge on any atom is -0.508 e. The van der Waals surface area contributed by atoms with E-state index in [-0.39, 0.29) is 29.4 Å².